The van der Waals surface area contributed by atoms with Gasteiger partial charge in [-0.25, -0.2) is 9.59 Å². The maximum absolute atomic E-state index is 12.1. The SMILES string of the molecule is COc1ccc(/C=C/C(=O)N[C@H](C)C(=O)OCCCn2c(=O)[nH]c3ccccc32)cc1. The molecule has 0 spiro atoms. The third kappa shape index (κ3) is 5.85. The van der Waals surface area contributed by atoms with Gasteiger partial charge in [-0.3, -0.25) is 9.36 Å². The van der Waals surface area contributed by atoms with Crippen molar-refractivity contribution in [2.75, 3.05) is 13.7 Å². The molecule has 1 heterocycles. The van der Waals surface area contributed by atoms with Gasteiger partial charge in [0, 0.05) is 12.6 Å². The van der Waals surface area contributed by atoms with Gasteiger partial charge in [-0.2, -0.15) is 0 Å². The fourth-order valence-electron chi connectivity index (χ4n) is 3.06. The first-order chi connectivity index (χ1) is 15.0. The van der Waals surface area contributed by atoms with E-state index in [1.807, 2.05) is 36.4 Å². The molecule has 0 saturated carbocycles. The lowest BCUT2D eigenvalue weighted by Crippen LogP contribution is -2.38. The number of esters is 1. The van der Waals surface area contributed by atoms with Crippen molar-refractivity contribution in [2.24, 2.45) is 0 Å². The van der Waals surface area contributed by atoms with E-state index in [0.717, 1.165) is 22.3 Å². The zero-order valence-corrected chi connectivity index (χ0v) is 17.5. The molecular weight excluding hydrogens is 398 g/mol. The summed E-state index contributed by atoms with van der Waals surface area (Å²) < 4.78 is 11.9. The number of hydrogen-bond acceptors (Lipinski definition) is 5. The molecule has 8 nitrogen and oxygen atoms in total. The number of nitrogens with one attached hydrogen (secondary N) is 2. The molecule has 2 aromatic carbocycles. The van der Waals surface area contributed by atoms with Crippen LogP contribution in [0, 0.1) is 0 Å². The summed E-state index contributed by atoms with van der Waals surface area (Å²) in [5, 5.41) is 2.58. The number of methoxy groups -OCH3 is 1. The molecule has 0 aliphatic carbocycles. The molecule has 0 aliphatic rings. The standard InChI is InChI=1S/C23H25N3O5/c1-16(24-21(27)13-10-17-8-11-18(30-2)12-9-17)22(28)31-15-5-14-26-20-7-4-3-6-19(20)25-23(26)29/h3-4,6-13,16H,5,14-15H2,1-2H3,(H,24,27)(H,25,29)/b13-10+/t16-/m1/s1. The summed E-state index contributed by atoms with van der Waals surface area (Å²) in [6, 6.07) is 13.8. The van der Waals surface area contributed by atoms with Gasteiger partial charge in [0.2, 0.25) is 5.91 Å². The second-order valence-corrected chi connectivity index (χ2v) is 6.96. The first kappa shape index (κ1) is 21.9. The van der Waals surface area contributed by atoms with E-state index in [0.29, 0.717) is 13.0 Å². The van der Waals surface area contributed by atoms with E-state index in [2.05, 4.69) is 10.3 Å². The van der Waals surface area contributed by atoms with Gasteiger partial charge in [-0.1, -0.05) is 24.3 Å². The van der Waals surface area contributed by atoms with Crippen LogP contribution in [-0.4, -0.2) is 41.2 Å². The largest absolute Gasteiger partial charge is 0.497 e. The van der Waals surface area contributed by atoms with Crippen LogP contribution in [-0.2, 0) is 20.9 Å². The van der Waals surface area contributed by atoms with Crippen LogP contribution >= 0.6 is 0 Å². The van der Waals surface area contributed by atoms with E-state index in [1.165, 1.54) is 6.08 Å². The monoisotopic (exact) mass is 423 g/mol. The number of carbonyl (C=O) groups excluding carboxylic acids is 2. The highest BCUT2D eigenvalue weighted by Crippen LogP contribution is 2.12. The Labute approximate surface area is 179 Å². The number of hydrogen-bond donors (Lipinski definition) is 2. The molecule has 162 valence electrons. The molecule has 0 fully saturated rings. The summed E-state index contributed by atoms with van der Waals surface area (Å²) >= 11 is 0. The number of benzene rings is 2. The molecule has 0 radical (unpaired) electrons. The second kappa shape index (κ2) is 10.3. The molecule has 0 unspecified atom stereocenters. The normalized spacial score (nSPS) is 12.1. The van der Waals surface area contributed by atoms with Gasteiger partial charge in [0.05, 0.1) is 24.8 Å². The van der Waals surface area contributed by atoms with Gasteiger partial charge in [0.25, 0.3) is 0 Å². The van der Waals surface area contributed by atoms with Gasteiger partial charge in [0.1, 0.15) is 11.8 Å². The van der Waals surface area contributed by atoms with E-state index < -0.39 is 17.9 Å². The number of rotatable bonds is 9. The summed E-state index contributed by atoms with van der Waals surface area (Å²) in [6.07, 6.45) is 3.48. The van der Waals surface area contributed by atoms with Gasteiger partial charge in [0.15, 0.2) is 0 Å². The van der Waals surface area contributed by atoms with E-state index in [-0.39, 0.29) is 12.3 Å². The Bertz CT molecular complexity index is 1130. The average Bonchev–Trinajstić information content (AvgIpc) is 3.10. The van der Waals surface area contributed by atoms with Crippen LogP contribution in [0.1, 0.15) is 18.9 Å². The summed E-state index contributed by atoms with van der Waals surface area (Å²) in [7, 11) is 1.58. The Morgan fingerprint density at radius 3 is 2.65 bits per heavy atom. The van der Waals surface area contributed by atoms with Gasteiger partial charge >= 0.3 is 11.7 Å². The minimum atomic E-state index is -0.788. The minimum Gasteiger partial charge on any atom is -0.497 e. The highest BCUT2D eigenvalue weighted by atomic mass is 16.5. The van der Waals surface area contributed by atoms with Crippen LogP contribution in [0.15, 0.2) is 59.4 Å². The summed E-state index contributed by atoms with van der Waals surface area (Å²) in [6.45, 7) is 2.12. The lowest BCUT2D eigenvalue weighted by atomic mass is 10.2. The molecular formula is C23H25N3O5. The molecule has 3 aromatic rings. The zero-order chi connectivity index (χ0) is 22.2. The van der Waals surface area contributed by atoms with Crippen molar-refractivity contribution in [3.05, 3.63) is 70.7 Å². The van der Waals surface area contributed by atoms with Gasteiger partial charge < -0.3 is 19.8 Å². The van der Waals surface area contributed by atoms with E-state index in [4.69, 9.17) is 9.47 Å². The number of nitrogens with zero attached hydrogens (tertiary/aromatic N) is 1. The van der Waals surface area contributed by atoms with Crippen molar-refractivity contribution in [1.29, 1.82) is 0 Å². The third-order valence-corrected chi connectivity index (χ3v) is 4.71. The first-order valence-electron chi connectivity index (χ1n) is 9.95. The molecule has 1 aromatic heterocycles. The van der Waals surface area contributed by atoms with E-state index in [9.17, 15) is 14.4 Å². The van der Waals surface area contributed by atoms with Crippen molar-refractivity contribution in [3.8, 4) is 5.75 Å². The number of amides is 1. The number of aryl methyl sites for hydroxylation is 1. The number of ether oxygens (including phenoxy) is 2. The maximum Gasteiger partial charge on any atom is 0.328 e. The predicted molar refractivity (Wildman–Crippen MR) is 118 cm³/mol. The molecule has 1 atom stereocenters. The molecule has 8 heteroatoms. The lowest BCUT2D eigenvalue weighted by Gasteiger charge is -2.12. The van der Waals surface area contributed by atoms with Crippen molar-refractivity contribution in [3.63, 3.8) is 0 Å². The Morgan fingerprint density at radius 2 is 1.90 bits per heavy atom. The topological polar surface area (TPSA) is 102 Å². The molecule has 0 saturated heterocycles. The molecule has 31 heavy (non-hydrogen) atoms. The molecule has 1 amide bonds. The number of imidazole rings is 1. The number of para-hydroxylation sites is 2. The molecule has 0 aliphatic heterocycles. The number of fused-ring (bicyclic) bond motifs is 1. The quantitative estimate of drug-likeness (QED) is 0.313. The van der Waals surface area contributed by atoms with E-state index >= 15 is 0 Å². The maximum atomic E-state index is 12.1. The summed E-state index contributed by atoms with van der Waals surface area (Å²) in [4.78, 5) is 39.0. The smallest absolute Gasteiger partial charge is 0.328 e. The van der Waals surface area contributed by atoms with Crippen LogP contribution in [0.4, 0.5) is 0 Å². The van der Waals surface area contributed by atoms with Crippen LogP contribution in [0.3, 0.4) is 0 Å². The van der Waals surface area contributed by atoms with Crippen LogP contribution in [0.5, 0.6) is 5.75 Å². The zero-order valence-electron chi connectivity index (χ0n) is 17.5. The van der Waals surface area contributed by atoms with Gasteiger partial charge in [-0.05, 0) is 49.2 Å². The van der Waals surface area contributed by atoms with Crippen molar-refractivity contribution >= 4 is 29.0 Å². The fourth-order valence-corrected chi connectivity index (χ4v) is 3.06. The number of H-pyrrole nitrogens is 1. The molecule has 0 bridgehead atoms. The minimum absolute atomic E-state index is 0.146. The van der Waals surface area contributed by atoms with E-state index in [1.54, 1.807) is 36.8 Å². The number of carbonyl (C=O) groups is 2. The molecule has 2 N–H and O–H groups in total. The average molecular weight is 423 g/mol. The summed E-state index contributed by atoms with van der Waals surface area (Å²) in [5.41, 5.74) is 2.21. The highest BCUT2D eigenvalue weighted by molar-refractivity contribution is 5.94. The second-order valence-electron chi connectivity index (χ2n) is 6.96. The van der Waals surface area contributed by atoms with Crippen molar-refractivity contribution in [1.82, 2.24) is 14.9 Å². The Morgan fingerprint density at radius 1 is 1.16 bits per heavy atom. The Balaban J connectivity index is 1.42. The Hall–Kier alpha value is -3.81. The van der Waals surface area contributed by atoms with Crippen LogP contribution in [0.2, 0.25) is 0 Å². The highest BCUT2D eigenvalue weighted by Gasteiger charge is 2.16. The summed E-state index contributed by atoms with van der Waals surface area (Å²) in [5.74, 6) is -0.198. The van der Waals surface area contributed by atoms with Crippen molar-refractivity contribution in [2.45, 2.75) is 25.9 Å². The fraction of sp³-hybridized carbons (Fsp3) is 0.261. The third-order valence-electron chi connectivity index (χ3n) is 4.71. The first-order valence-corrected chi connectivity index (χ1v) is 9.95. The van der Waals surface area contributed by atoms with Gasteiger partial charge in [-0.15, -0.1) is 0 Å². The number of aromatic amines is 1. The molecule has 3 rings (SSSR count). The van der Waals surface area contributed by atoms with Crippen LogP contribution < -0.4 is 15.7 Å². The van der Waals surface area contributed by atoms with Crippen LogP contribution in [0.25, 0.3) is 17.1 Å². The lowest BCUT2D eigenvalue weighted by molar-refractivity contribution is -0.147. The predicted octanol–water partition coefficient (Wildman–Crippen LogP) is 2.49. The Kier molecular flexibility index (Phi) is 7.26. The van der Waals surface area contributed by atoms with Crippen molar-refractivity contribution < 1.29 is 19.1 Å². The number of aromatic nitrogens is 2.